The van der Waals surface area contributed by atoms with Gasteiger partial charge in [0, 0.05) is 14.2 Å². The van der Waals surface area contributed by atoms with Crippen molar-refractivity contribution in [2.24, 2.45) is 0 Å². The van der Waals surface area contributed by atoms with Crippen LogP contribution in [0, 0.1) is 9.39 Å². The van der Waals surface area contributed by atoms with E-state index in [2.05, 4.69) is 4.98 Å². The molecule has 1 aromatic heterocycles. The molecule has 1 heterocycles. The zero-order valence-electron chi connectivity index (χ0n) is 7.85. The Balaban J connectivity index is 2.62. The second-order valence-corrected chi connectivity index (χ2v) is 5.11. The lowest BCUT2D eigenvalue weighted by molar-refractivity contribution is 0.620. The van der Waals surface area contributed by atoms with E-state index in [1.165, 1.54) is 6.07 Å². The standard InChI is InChI=1S/C11H5Cl2FIN/c12-6-1-2-9(13)8(3-6)11-10(15)4-7(14)5-16-11/h1-5H. The molecule has 0 saturated heterocycles. The van der Waals surface area contributed by atoms with Gasteiger partial charge in [-0.2, -0.15) is 0 Å². The third kappa shape index (κ3) is 2.47. The lowest BCUT2D eigenvalue weighted by atomic mass is 10.1. The second kappa shape index (κ2) is 4.85. The average molecular weight is 368 g/mol. The van der Waals surface area contributed by atoms with Crippen LogP contribution in [-0.2, 0) is 0 Å². The summed E-state index contributed by atoms with van der Waals surface area (Å²) in [6, 6.07) is 6.51. The highest BCUT2D eigenvalue weighted by molar-refractivity contribution is 14.1. The first-order chi connectivity index (χ1) is 7.58. The first-order valence-corrected chi connectivity index (χ1v) is 6.18. The molecule has 2 rings (SSSR count). The molecule has 0 radical (unpaired) electrons. The fourth-order valence-electron chi connectivity index (χ4n) is 1.29. The lowest BCUT2D eigenvalue weighted by Gasteiger charge is -2.06. The molecule has 0 aliphatic carbocycles. The van der Waals surface area contributed by atoms with Crippen molar-refractivity contribution in [3.63, 3.8) is 0 Å². The van der Waals surface area contributed by atoms with Crippen molar-refractivity contribution in [1.82, 2.24) is 4.98 Å². The van der Waals surface area contributed by atoms with Crippen LogP contribution in [0.1, 0.15) is 0 Å². The Hall–Kier alpha value is -0.390. The SMILES string of the molecule is Fc1cnc(-c2cc(Cl)ccc2Cl)c(I)c1. The van der Waals surface area contributed by atoms with E-state index in [1.54, 1.807) is 18.2 Å². The van der Waals surface area contributed by atoms with Crippen LogP contribution >= 0.6 is 45.8 Å². The highest BCUT2D eigenvalue weighted by atomic mass is 127. The van der Waals surface area contributed by atoms with Gasteiger partial charge in [0.2, 0.25) is 0 Å². The van der Waals surface area contributed by atoms with Crippen molar-refractivity contribution < 1.29 is 4.39 Å². The Labute approximate surface area is 116 Å². The molecule has 0 bridgehead atoms. The fraction of sp³-hybridized carbons (Fsp3) is 0. The first-order valence-electron chi connectivity index (χ1n) is 4.34. The number of halogens is 4. The maximum atomic E-state index is 12.9. The van der Waals surface area contributed by atoms with Gasteiger partial charge in [0.25, 0.3) is 0 Å². The van der Waals surface area contributed by atoms with E-state index in [0.717, 1.165) is 6.20 Å². The molecule has 82 valence electrons. The topological polar surface area (TPSA) is 12.9 Å². The Bertz CT molecular complexity index is 546. The fourth-order valence-corrected chi connectivity index (χ4v) is 2.40. The molecule has 0 aliphatic heterocycles. The Morgan fingerprint density at radius 2 is 1.94 bits per heavy atom. The summed E-state index contributed by atoms with van der Waals surface area (Å²) in [6.45, 7) is 0. The molecular formula is C11H5Cl2FIN. The van der Waals surface area contributed by atoms with Gasteiger partial charge < -0.3 is 0 Å². The van der Waals surface area contributed by atoms with Crippen LogP contribution in [0.25, 0.3) is 11.3 Å². The van der Waals surface area contributed by atoms with E-state index in [1.807, 2.05) is 22.6 Å². The van der Waals surface area contributed by atoms with Gasteiger partial charge in [-0.1, -0.05) is 23.2 Å². The Morgan fingerprint density at radius 3 is 2.62 bits per heavy atom. The maximum Gasteiger partial charge on any atom is 0.142 e. The first kappa shape index (κ1) is 12.1. The summed E-state index contributed by atoms with van der Waals surface area (Å²) < 4.78 is 13.6. The molecule has 0 N–H and O–H groups in total. The second-order valence-electron chi connectivity index (χ2n) is 3.11. The smallest absolute Gasteiger partial charge is 0.142 e. The van der Waals surface area contributed by atoms with Crippen LogP contribution in [0.2, 0.25) is 10.0 Å². The number of hydrogen-bond acceptors (Lipinski definition) is 1. The minimum absolute atomic E-state index is 0.369. The van der Waals surface area contributed by atoms with Crippen molar-refractivity contribution in [3.8, 4) is 11.3 Å². The summed E-state index contributed by atoms with van der Waals surface area (Å²) in [7, 11) is 0. The van der Waals surface area contributed by atoms with E-state index >= 15 is 0 Å². The van der Waals surface area contributed by atoms with Gasteiger partial charge >= 0.3 is 0 Å². The summed E-state index contributed by atoms with van der Waals surface area (Å²) >= 11 is 13.9. The van der Waals surface area contributed by atoms with Gasteiger partial charge in [0.15, 0.2) is 0 Å². The minimum atomic E-state index is -0.369. The largest absolute Gasteiger partial charge is 0.252 e. The molecule has 1 aromatic carbocycles. The van der Waals surface area contributed by atoms with Crippen LogP contribution in [0.15, 0.2) is 30.5 Å². The van der Waals surface area contributed by atoms with Crippen LogP contribution in [0.4, 0.5) is 4.39 Å². The molecule has 2 aromatic rings. The highest BCUT2D eigenvalue weighted by Gasteiger charge is 2.10. The number of aromatic nitrogens is 1. The molecule has 1 nitrogen and oxygen atoms in total. The quantitative estimate of drug-likeness (QED) is 0.660. The predicted molar refractivity (Wildman–Crippen MR) is 72.4 cm³/mol. The maximum absolute atomic E-state index is 12.9. The van der Waals surface area contributed by atoms with Crippen LogP contribution < -0.4 is 0 Å². The predicted octanol–water partition coefficient (Wildman–Crippen LogP) is 4.80. The molecule has 0 saturated carbocycles. The highest BCUT2D eigenvalue weighted by Crippen LogP contribution is 2.32. The van der Waals surface area contributed by atoms with Gasteiger partial charge in [-0.25, -0.2) is 4.39 Å². The van der Waals surface area contributed by atoms with Gasteiger partial charge in [0.05, 0.1) is 16.9 Å². The zero-order valence-corrected chi connectivity index (χ0v) is 11.5. The van der Waals surface area contributed by atoms with Crippen molar-refractivity contribution in [2.75, 3.05) is 0 Å². The Kier molecular flexibility index (Phi) is 3.66. The van der Waals surface area contributed by atoms with E-state index in [0.29, 0.717) is 24.9 Å². The van der Waals surface area contributed by atoms with Crippen LogP contribution in [-0.4, -0.2) is 4.98 Å². The summed E-state index contributed by atoms with van der Waals surface area (Å²) in [4.78, 5) is 4.02. The third-order valence-corrected chi connectivity index (χ3v) is 3.38. The van der Waals surface area contributed by atoms with E-state index in [4.69, 9.17) is 23.2 Å². The lowest BCUT2D eigenvalue weighted by Crippen LogP contribution is -1.90. The molecule has 16 heavy (non-hydrogen) atoms. The van der Waals surface area contributed by atoms with Crippen molar-refractivity contribution in [2.45, 2.75) is 0 Å². The summed E-state index contributed by atoms with van der Waals surface area (Å²) in [5, 5.41) is 1.11. The Morgan fingerprint density at radius 1 is 1.19 bits per heavy atom. The molecule has 5 heteroatoms. The van der Waals surface area contributed by atoms with Crippen molar-refractivity contribution in [3.05, 3.63) is 49.9 Å². The molecule has 0 amide bonds. The third-order valence-electron chi connectivity index (χ3n) is 1.99. The van der Waals surface area contributed by atoms with Gasteiger partial charge in [-0.05, 0) is 46.9 Å². The average Bonchev–Trinajstić information content (AvgIpc) is 2.22. The number of pyridine rings is 1. The van der Waals surface area contributed by atoms with E-state index < -0.39 is 0 Å². The molecule has 0 fully saturated rings. The molecule has 0 atom stereocenters. The number of benzene rings is 1. The molecule has 0 aliphatic rings. The van der Waals surface area contributed by atoms with E-state index in [-0.39, 0.29) is 5.82 Å². The summed E-state index contributed by atoms with van der Waals surface area (Å²) in [5.74, 6) is -0.369. The normalized spacial score (nSPS) is 10.5. The summed E-state index contributed by atoms with van der Waals surface area (Å²) in [5.41, 5.74) is 1.34. The van der Waals surface area contributed by atoms with Crippen LogP contribution in [0.3, 0.4) is 0 Å². The monoisotopic (exact) mass is 367 g/mol. The number of rotatable bonds is 1. The summed E-state index contributed by atoms with van der Waals surface area (Å²) in [6.07, 6.45) is 1.16. The molecular weight excluding hydrogens is 363 g/mol. The van der Waals surface area contributed by atoms with Gasteiger partial charge in [0.1, 0.15) is 5.82 Å². The van der Waals surface area contributed by atoms with Gasteiger partial charge in [-0.3, -0.25) is 4.98 Å². The molecule has 0 unspecified atom stereocenters. The van der Waals surface area contributed by atoms with Gasteiger partial charge in [-0.15, -0.1) is 0 Å². The minimum Gasteiger partial charge on any atom is -0.252 e. The number of nitrogens with zero attached hydrogens (tertiary/aromatic N) is 1. The van der Waals surface area contributed by atoms with Crippen LogP contribution in [0.5, 0.6) is 0 Å². The molecule has 0 spiro atoms. The number of hydrogen-bond donors (Lipinski definition) is 0. The zero-order chi connectivity index (χ0) is 11.7. The van der Waals surface area contributed by atoms with Crippen molar-refractivity contribution >= 4 is 45.8 Å². The van der Waals surface area contributed by atoms with E-state index in [9.17, 15) is 4.39 Å². The van der Waals surface area contributed by atoms with Crippen molar-refractivity contribution in [1.29, 1.82) is 0 Å².